The van der Waals surface area contributed by atoms with Crippen molar-refractivity contribution in [2.75, 3.05) is 0 Å². The van der Waals surface area contributed by atoms with E-state index in [1.165, 1.54) is 76.5 Å². The van der Waals surface area contributed by atoms with E-state index >= 15 is 0 Å². The van der Waals surface area contributed by atoms with Crippen molar-refractivity contribution in [3.63, 3.8) is 0 Å². The Balaban J connectivity index is 1.56. The van der Waals surface area contributed by atoms with E-state index in [4.69, 9.17) is 0 Å². The minimum atomic E-state index is 1.22. The lowest BCUT2D eigenvalue weighted by molar-refractivity contribution is 1.59. The minimum Gasteiger partial charge on any atom is -0.0622 e. The van der Waals surface area contributed by atoms with Crippen LogP contribution in [0.25, 0.3) is 76.5 Å². The lowest BCUT2D eigenvalue weighted by Crippen LogP contribution is -1.93. The highest BCUT2D eigenvalue weighted by Crippen LogP contribution is 2.46. The molecule has 0 aliphatic heterocycles. The van der Waals surface area contributed by atoms with Crippen molar-refractivity contribution < 1.29 is 0 Å². The number of fused-ring (bicyclic) bond motifs is 7. The Morgan fingerprint density at radius 1 is 0.250 bits per heavy atom. The summed E-state index contributed by atoms with van der Waals surface area (Å²) in [4.78, 5) is 0. The van der Waals surface area contributed by atoms with Crippen LogP contribution in [0.3, 0.4) is 0 Å². The molecule has 0 fully saturated rings. The fourth-order valence-corrected chi connectivity index (χ4v) is 6.55. The zero-order valence-electron chi connectivity index (χ0n) is 22.0. The number of benzene rings is 8. The largest absolute Gasteiger partial charge is 0.0622 e. The average molecular weight is 507 g/mol. The van der Waals surface area contributed by atoms with Gasteiger partial charge in [-0.3, -0.25) is 0 Å². The number of hydrogen-bond donors (Lipinski definition) is 0. The Morgan fingerprint density at radius 3 is 1.45 bits per heavy atom. The smallest absolute Gasteiger partial charge is 0.00201 e. The molecule has 0 spiro atoms. The van der Waals surface area contributed by atoms with Gasteiger partial charge in [0.05, 0.1) is 0 Å². The van der Waals surface area contributed by atoms with Crippen LogP contribution in [0.5, 0.6) is 0 Å². The second kappa shape index (κ2) is 9.22. The predicted octanol–water partition coefficient (Wildman–Crippen LogP) is 11.3. The quantitative estimate of drug-likeness (QED) is 0.209. The Hall–Kier alpha value is -5.20. The van der Waals surface area contributed by atoms with Crippen LogP contribution in [0, 0.1) is 0 Å². The Kier molecular flexibility index (Phi) is 5.24. The van der Waals surface area contributed by atoms with Gasteiger partial charge < -0.3 is 0 Å². The molecular weight excluding hydrogens is 480 g/mol. The molecule has 0 atom stereocenters. The van der Waals surface area contributed by atoms with Crippen LogP contribution < -0.4 is 0 Å². The number of hydrogen-bond acceptors (Lipinski definition) is 0. The lowest BCUT2D eigenvalue weighted by Gasteiger charge is -2.20. The molecule has 0 amide bonds. The van der Waals surface area contributed by atoms with Gasteiger partial charge >= 0.3 is 0 Å². The van der Waals surface area contributed by atoms with Crippen molar-refractivity contribution in [1.29, 1.82) is 0 Å². The van der Waals surface area contributed by atoms with Crippen LogP contribution in [0.1, 0.15) is 0 Å². The summed E-state index contributed by atoms with van der Waals surface area (Å²) < 4.78 is 0. The first-order valence-corrected chi connectivity index (χ1v) is 13.9. The molecule has 0 heteroatoms. The molecule has 0 saturated carbocycles. The van der Waals surface area contributed by atoms with E-state index in [1.807, 2.05) is 0 Å². The van der Waals surface area contributed by atoms with Gasteiger partial charge in [-0.2, -0.15) is 0 Å². The van der Waals surface area contributed by atoms with Gasteiger partial charge in [0.15, 0.2) is 0 Å². The highest BCUT2D eigenvalue weighted by molar-refractivity contribution is 6.29. The van der Waals surface area contributed by atoms with Gasteiger partial charge in [-0.25, -0.2) is 0 Å². The van der Waals surface area contributed by atoms with Crippen molar-refractivity contribution in [2.24, 2.45) is 0 Å². The monoisotopic (exact) mass is 506 g/mol. The van der Waals surface area contributed by atoms with Gasteiger partial charge in [0, 0.05) is 0 Å². The highest BCUT2D eigenvalue weighted by Gasteiger charge is 2.19. The fourth-order valence-electron chi connectivity index (χ4n) is 6.55. The molecule has 0 unspecified atom stereocenters. The Bertz CT molecular complexity index is 2150. The van der Waals surface area contributed by atoms with Crippen LogP contribution in [0.2, 0.25) is 0 Å². The summed E-state index contributed by atoms with van der Waals surface area (Å²) >= 11 is 0. The maximum atomic E-state index is 2.31. The van der Waals surface area contributed by atoms with Gasteiger partial charge in [0.25, 0.3) is 0 Å². The van der Waals surface area contributed by atoms with E-state index in [-0.39, 0.29) is 0 Å². The van der Waals surface area contributed by atoms with Crippen molar-refractivity contribution >= 4 is 43.1 Å². The summed E-state index contributed by atoms with van der Waals surface area (Å²) in [5.74, 6) is 0. The van der Waals surface area contributed by atoms with Crippen LogP contribution in [0.4, 0.5) is 0 Å². The Morgan fingerprint density at radius 2 is 0.700 bits per heavy atom. The molecule has 0 saturated heterocycles. The molecule has 186 valence electrons. The summed E-state index contributed by atoms with van der Waals surface area (Å²) in [5, 5.41) is 10.3. The van der Waals surface area contributed by atoms with Gasteiger partial charge in [-0.15, -0.1) is 0 Å². The van der Waals surface area contributed by atoms with Crippen molar-refractivity contribution in [1.82, 2.24) is 0 Å². The minimum absolute atomic E-state index is 1.22. The van der Waals surface area contributed by atoms with Crippen molar-refractivity contribution in [3.05, 3.63) is 158 Å². The summed E-state index contributed by atoms with van der Waals surface area (Å²) in [7, 11) is 0. The second-order valence-electron chi connectivity index (χ2n) is 10.4. The van der Waals surface area contributed by atoms with E-state index in [0.717, 1.165) is 0 Å². The topological polar surface area (TPSA) is 0 Å². The molecule has 0 aliphatic carbocycles. The molecule has 8 rings (SSSR count). The molecule has 0 aliphatic rings. The fraction of sp³-hybridized carbons (Fsp3) is 0. The SMILES string of the molecule is c1ccc(-c2cccc(-c3cccc4c5ccccc5c5ccccc5c34)c2-c2cccc3ccccc23)cc1. The van der Waals surface area contributed by atoms with E-state index in [2.05, 4.69) is 158 Å². The van der Waals surface area contributed by atoms with Crippen LogP contribution in [-0.4, -0.2) is 0 Å². The van der Waals surface area contributed by atoms with Crippen LogP contribution >= 0.6 is 0 Å². The first-order valence-electron chi connectivity index (χ1n) is 13.9. The third-order valence-corrected chi connectivity index (χ3v) is 8.27. The summed E-state index contributed by atoms with van der Waals surface area (Å²) in [5.41, 5.74) is 7.52. The summed E-state index contributed by atoms with van der Waals surface area (Å²) in [6.45, 7) is 0. The summed E-state index contributed by atoms with van der Waals surface area (Å²) in [6, 6.07) is 57.5. The Labute approximate surface area is 233 Å². The van der Waals surface area contributed by atoms with E-state index in [9.17, 15) is 0 Å². The molecule has 0 radical (unpaired) electrons. The first kappa shape index (κ1) is 22.8. The molecule has 40 heavy (non-hydrogen) atoms. The second-order valence-corrected chi connectivity index (χ2v) is 10.4. The molecule has 0 nitrogen and oxygen atoms in total. The zero-order valence-corrected chi connectivity index (χ0v) is 22.0. The van der Waals surface area contributed by atoms with E-state index in [1.54, 1.807) is 0 Å². The molecule has 8 aromatic carbocycles. The average Bonchev–Trinajstić information content (AvgIpc) is 3.04. The number of rotatable bonds is 3. The van der Waals surface area contributed by atoms with E-state index < -0.39 is 0 Å². The maximum Gasteiger partial charge on any atom is -0.00201 e. The van der Waals surface area contributed by atoms with Crippen molar-refractivity contribution in [3.8, 4) is 33.4 Å². The summed E-state index contributed by atoms with van der Waals surface area (Å²) in [6.07, 6.45) is 0. The van der Waals surface area contributed by atoms with Gasteiger partial charge in [0.2, 0.25) is 0 Å². The third kappa shape index (κ3) is 3.47. The maximum absolute atomic E-state index is 2.31. The van der Waals surface area contributed by atoms with Crippen LogP contribution in [-0.2, 0) is 0 Å². The van der Waals surface area contributed by atoms with E-state index in [0.29, 0.717) is 0 Å². The molecule has 0 heterocycles. The normalized spacial score (nSPS) is 11.5. The van der Waals surface area contributed by atoms with Gasteiger partial charge in [0.1, 0.15) is 0 Å². The predicted molar refractivity (Wildman–Crippen MR) is 173 cm³/mol. The highest BCUT2D eigenvalue weighted by atomic mass is 14.2. The van der Waals surface area contributed by atoms with Gasteiger partial charge in [-0.1, -0.05) is 158 Å². The third-order valence-electron chi connectivity index (χ3n) is 8.27. The molecule has 0 aromatic heterocycles. The lowest BCUT2D eigenvalue weighted by atomic mass is 9.83. The molecule has 0 bridgehead atoms. The molecule has 0 N–H and O–H groups in total. The standard InChI is InChI=1S/C40H26/c1-2-13-28(14-3-1)30-22-11-25-37(39(30)34-23-10-16-27-15-4-5-17-29(27)34)38-26-12-24-36-33-19-7-6-18-31(33)32-20-8-9-21-35(32)40(36)38/h1-26H. The van der Waals surface area contributed by atoms with Crippen molar-refractivity contribution in [2.45, 2.75) is 0 Å². The van der Waals surface area contributed by atoms with Gasteiger partial charge in [-0.05, 0) is 76.5 Å². The molecular formula is C40H26. The zero-order chi connectivity index (χ0) is 26.5. The van der Waals surface area contributed by atoms with Crippen LogP contribution in [0.15, 0.2) is 158 Å². The molecule has 8 aromatic rings. The first-order chi connectivity index (χ1) is 19.9.